The predicted molar refractivity (Wildman–Crippen MR) is 379 cm³/mol. The summed E-state index contributed by atoms with van der Waals surface area (Å²) in [6, 6.07) is 49.8. The van der Waals surface area contributed by atoms with E-state index in [1.54, 1.807) is 16.2 Å². The lowest BCUT2D eigenvalue weighted by Gasteiger charge is -2.21. The average Bonchev–Trinajstić information content (AvgIpc) is 0.984. The van der Waals surface area contributed by atoms with Crippen molar-refractivity contribution in [2.24, 2.45) is 22.9 Å². The van der Waals surface area contributed by atoms with E-state index in [1.807, 2.05) is 0 Å². The smallest absolute Gasteiger partial charge is 0.320 e. The van der Waals surface area contributed by atoms with Crippen LogP contribution in [-0.2, 0) is 51.6 Å². The number of rotatable bonds is 28. The largest absolute Gasteiger partial charge is 0.351 e. The van der Waals surface area contributed by atoms with E-state index in [0.717, 1.165) is 38.8 Å². The first-order chi connectivity index (χ1) is 43.8. The van der Waals surface area contributed by atoms with Gasteiger partial charge < -0.3 is 32.1 Å². The number of benzene rings is 9. The van der Waals surface area contributed by atoms with Crippen molar-refractivity contribution in [2.75, 3.05) is 0 Å². The van der Waals surface area contributed by atoms with Crippen LogP contribution in [0.25, 0.3) is 86.7 Å². The number of hydrogen-bond acceptors (Lipinski definition) is 4. The number of amides is 8. The third-order valence-electron chi connectivity index (χ3n) is 18.2. The Morgan fingerprint density at radius 3 is 1.02 bits per heavy atom. The molecule has 0 saturated carbocycles. The summed E-state index contributed by atoms with van der Waals surface area (Å²) in [7, 11) is 0. The van der Waals surface area contributed by atoms with Gasteiger partial charge in [-0.2, -0.15) is 0 Å². The molecular weight excluding hydrogens is 1110 g/mol. The highest BCUT2D eigenvalue weighted by Crippen LogP contribution is 2.44. The van der Waals surface area contributed by atoms with E-state index in [-0.39, 0.29) is 0 Å². The molecular formula is C78H96N8O4. The van der Waals surface area contributed by atoms with Gasteiger partial charge in [-0.1, -0.05) is 190 Å². The zero-order valence-electron chi connectivity index (χ0n) is 53.9. The minimum atomic E-state index is -0.938. The molecule has 0 aliphatic heterocycles. The Kier molecular flexibility index (Phi) is 23.5. The zero-order valence-corrected chi connectivity index (χ0v) is 53.9. The number of fused-ring (bicyclic) bond motifs is 8. The number of urea groups is 4. The molecule has 0 aliphatic carbocycles. The first kappa shape index (κ1) is 65.8. The van der Waals surface area contributed by atoms with Gasteiger partial charge in [-0.3, -0.25) is 10.6 Å². The summed E-state index contributed by atoms with van der Waals surface area (Å²) in [5.74, 6) is 0. The molecule has 0 radical (unpaired) electrons. The SMILES string of the molecule is CCCCCCc1ccc2c(c1)c1cc(CCCCCC)ccc1n2CCCc1cc2cccc3c4cccc5cccc(c(c1CCCn1c6ccc(CCCCCC)cc6c6cc(CCCCCC)ccc61)c23)c54.NC(=O)NC(N)=O.NC(=O)NC(N)=O. The van der Waals surface area contributed by atoms with Crippen LogP contribution in [0.3, 0.4) is 0 Å². The normalized spacial score (nSPS) is 11.5. The minimum Gasteiger partial charge on any atom is -0.351 e. The highest BCUT2D eigenvalue weighted by molar-refractivity contribution is 6.33. The molecule has 0 unspecified atom stereocenters. The Balaban J connectivity index is 0.000000616. The Labute approximate surface area is 531 Å². The Bertz CT molecular complexity index is 4060. The van der Waals surface area contributed by atoms with Gasteiger partial charge in [0.2, 0.25) is 0 Å². The molecule has 11 aromatic rings. The number of imide groups is 2. The number of unbranched alkanes of at least 4 members (excludes halogenated alkanes) is 12. The van der Waals surface area contributed by atoms with Gasteiger partial charge in [-0.15, -0.1) is 0 Å². The molecule has 12 nitrogen and oxygen atoms in total. The maximum absolute atomic E-state index is 9.62. The number of primary amides is 4. The maximum atomic E-state index is 9.62. The summed E-state index contributed by atoms with van der Waals surface area (Å²) in [4.78, 5) is 38.5. The van der Waals surface area contributed by atoms with Crippen molar-refractivity contribution < 1.29 is 19.2 Å². The third-order valence-corrected chi connectivity index (χ3v) is 18.2. The molecule has 0 bridgehead atoms. The Morgan fingerprint density at radius 2 is 0.667 bits per heavy atom. The number of nitrogens with two attached hydrogens (primary N) is 4. The molecule has 12 heteroatoms. The lowest BCUT2D eigenvalue weighted by atomic mass is 9.84. The van der Waals surface area contributed by atoms with Crippen molar-refractivity contribution in [1.82, 2.24) is 19.8 Å². The number of carbonyl (C=O) groups is 4. The fraction of sp³-hybridized carbons (Fsp3) is 0.385. The van der Waals surface area contributed by atoms with Gasteiger partial charge in [0.25, 0.3) is 0 Å². The van der Waals surface area contributed by atoms with Gasteiger partial charge in [-0.25, -0.2) is 19.2 Å². The van der Waals surface area contributed by atoms with Crippen molar-refractivity contribution in [1.29, 1.82) is 0 Å². The van der Waals surface area contributed by atoms with E-state index < -0.39 is 24.1 Å². The van der Waals surface area contributed by atoms with Crippen molar-refractivity contribution in [3.8, 4) is 0 Å². The van der Waals surface area contributed by atoms with Crippen LogP contribution in [-0.4, -0.2) is 33.3 Å². The van der Waals surface area contributed by atoms with E-state index in [9.17, 15) is 19.2 Å². The van der Waals surface area contributed by atoms with Crippen LogP contribution in [0.1, 0.15) is 177 Å². The molecule has 90 heavy (non-hydrogen) atoms. The van der Waals surface area contributed by atoms with Crippen molar-refractivity contribution in [3.63, 3.8) is 0 Å². The average molecular weight is 1210 g/mol. The van der Waals surface area contributed by atoms with Crippen molar-refractivity contribution in [2.45, 2.75) is 195 Å². The number of nitrogens with one attached hydrogen (secondary N) is 2. The molecule has 0 atom stereocenters. The summed E-state index contributed by atoms with van der Waals surface area (Å²) in [5, 5.41) is 20.2. The van der Waals surface area contributed by atoms with E-state index in [4.69, 9.17) is 0 Å². The van der Waals surface area contributed by atoms with E-state index >= 15 is 0 Å². The predicted octanol–water partition coefficient (Wildman–Crippen LogP) is 19.2. The monoisotopic (exact) mass is 1210 g/mol. The molecule has 0 saturated heterocycles. The molecule has 0 aliphatic rings. The highest BCUT2D eigenvalue weighted by Gasteiger charge is 2.21. The minimum absolute atomic E-state index is 0.937. The van der Waals surface area contributed by atoms with Crippen molar-refractivity contribution in [3.05, 3.63) is 167 Å². The first-order valence-electron chi connectivity index (χ1n) is 33.7. The number of aromatic nitrogens is 2. The maximum Gasteiger partial charge on any atom is 0.320 e. The second-order valence-corrected chi connectivity index (χ2v) is 24.9. The van der Waals surface area contributed by atoms with E-state index in [0.29, 0.717) is 0 Å². The van der Waals surface area contributed by atoms with Crippen LogP contribution in [0.5, 0.6) is 0 Å². The zero-order chi connectivity index (χ0) is 63.5. The van der Waals surface area contributed by atoms with Crippen LogP contribution < -0.4 is 33.6 Å². The first-order valence-corrected chi connectivity index (χ1v) is 33.7. The third kappa shape index (κ3) is 16.2. The summed E-state index contributed by atoms with van der Waals surface area (Å²) in [6.45, 7) is 11.3. The molecule has 0 spiro atoms. The van der Waals surface area contributed by atoms with Gasteiger partial charge in [0.05, 0.1) is 0 Å². The Morgan fingerprint density at radius 1 is 0.322 bits per heavy atom. The standard InChI is InChI=1S/C74H86N2.2C2H5N3O2/c1-5-9-13-17-26-53-38-42-68-64(48-53)65-49-54(27-18-14-10-6-2)39-43-69(65)75(68)46-24-33-58-52-59-32-23-35-62-61-34-21-30-57-31-22-36-63(72(57)61)74(73(59)62)60(58)37-25-47-76-70-44-40-55(28-19-15-11-7-3)50-66(70)67-51-56(41-45-71(67)76)29-20-16-12-8-4;2*3-1(6)5-2(4)7/h21-23,30-32,34-36,38-45,48-52H,5-20,24-29,33,37,46-47H2,1-4H3;2*(H5,3,4,5,6,7). The summed E-state index contributed by atoms with van der Waals surface area (Å²) >= 11 is 0. The van der Waals surface area contributed by atoms with Crippen LogP contribution in [0.15, 0.2) is 133 Å². The molecule has 472 valence electrons. The fourth-order valence-corrected chi connectivity index (χ4v) is 14.0. The lowest BCUT2D eigenvalue weighted by molar-refractivity contribution is 0.235. The summed E-state index contributed by atoms with van der Waals surface area (Å²) in [5.41, 5.74) is 32.4. The van der Waals surface area contributed by atoms with Crippen LogP contribution in [0.4, 0.5) is 19.2 Å². The number of aryl methyl sites for hydroxylation is 8. The fourth-order valence-electron chi connectivity index (χ4n) is 14.0. The van der Waals surface area contributed by atoms with Crippen molar-refractivity contribution >= 4 is 111 Å². The topological polar surface area (TPSA) is 206 Å². The molecule has 2 aromatic heterocycles. The molecule has 0 fully saturated rings. The molecule has 10 N–H and O–H groups in total. The van der Waals surface area contributed by atoms with Gasteiger partial charge in [0.1, 0.15) is 0 Å². The Hall–Kier alpha value is -8.64. The molecule has 8 amide bonds. The highest BCUT2D eigenvalue weighted by atomic mass is 16.2. The molecule has 2 heterocycles. The summed E-state index contributed by atoms with van der Waals surface area (Å²) in [6.07, 6.45) is 29.7. The summed E-state index contributed by atoms with van der Waals surface area (Å²) < 4.78 is 5.37. The van der Waals surface area contributed by atoms with Gasteiger partial charge >= 0.3 is 24.1 Å². The van der Waals surface area contributed by atoms with Crippen LogP contribution >= 0.6 is 0 Å². The van der Waals surface area contributed by atoms with E-state index in [2.05, 4.69) is 193 Å². The van der Waals surface area contributed by atoms with Gasteiger partial charge in [0, 0.05) is 56.7 Å². The second-order valence-electron chi connectivity index (χ2n) is 24.9. The van der Waals surface area contributed by atoms with Gasteiger partial charge in [0.15, 0.2) is 0 Å². The number of carbonyl (C=O) groups excluding carboxylic acids is 4. The van der Waals surface area contributed by atoms with Crippen LogP contribution in [0, 0.1) is 0 Å². The quantitative estimate of drug-likeness (QED) is 0.0161. The van der Waals surface area contributed by atoms with E-state index in [1.165, 1.54) is 243 Å². The van der Waals surface area contributed by atoms with Gasteiger partial charge in [-0.05, 0) is 202 Å². The molecule has 9 aromatic carbocycles. The second kappa shape index (κ2) is 32.2. The molecule has 11 rings (SSSR count). The number of nitrogens with zero attached hydrogens (tertiary/aromatic N) is 2. The van der Waals surface area contributed by atoms with Crippen LogP contribution in [0.2, 0.25) is 0 Å². The lowest BCUT2D eigenvalue weighted by Crippen LogP contribution is -2.38. The number of hydrogen-bond donors (Lipinski definition) is 6.